The number of anilines is 1. The van der Waals surface area contributed by atoms with Gasteiger partial charge in [0.05, 0.1) is 60.7 Å². The second kappa shape index (κ2) is 10.2. The molecule has 12 heteroatoms. The molecule has 188 valence electrons. The molecule has 1 heterocycles. The minimum absolute atomic E-state index is 0.235. The van der Waals surface area contributed by atoms with Gasteiger partial charge in [-0.15, -0.1) is 0 Å². The summed E-state index contributed by atoms with van der Waals surface area (Å²) in [6, 6.07) is 11.8. The number of benzene rings is 2. The number of hydrogen-bond donors (Lipinski definition) is 1. The average molecular weight is 522 g/mol. The van der Waals surface area contributed by atoms with Crippen LogP contribution in [-0.2, 0) is 25.2 Å². The number of allylic oxidation sites excluding steroid dienone is 1. The van der Waals surface area contributed by atoms with E-state index in [0.29, 0.717) is 11.6 Å². The van der Waals surface area contributed by atoms with E-state index in [-0.39, 0.29) is 16.9 Å². The lowest BCUT2D eigenvalue weighted by atomic mass is 9.81. The van der Waals surface area contributed by atoms with Crippen molar-refractivity contribution in [2.45, 2.75) is 12.1 Å². The molecule has 0 saturated heterocycles. The van der Waals surface area contributed by atoms with Gasteiger partial charge in [-0.05, 0) is 11.6 Å². The maximum atomic E-state index is 13.8. The number of ether oxygens (including phenoxy) is 3. The minimum atomic E-state index is -4.92. The Bertz CT molecular complexity index is 1320. The quantitative estimate of drug-likeness (QED) is 0.580. The lowest BCUT2D eigenvalue weighted by Gasteiger charge is -2.36. The molecule has 2 aromatic carbocycles. The van der Waals surface area contributed by atoms with Crippen molar-refractivity contribution in [2.75, 3.05) is 26.2 Å². The van der Waals surface area contributed by atoms with Crippen LogP contribution in [0.15, 0.2) is 65.1 Å². The molecule has 8 nitrogen and oxygen atoms in total. The second-order valence-electron chi connectivity index (χ2n) is 7.34. The van der Waals surface area contributed by atoms with E-state index >= 15 is 0 Å². The Morgan fingerprint density at radius 1 is 1.08 bits per heavy atom. The fourth-order valence-electron chi connectivity index (χ4n) is 3.83. The predicted molar refractivity (Wildman–Crippen MR) is 123 cm³/mol. The molecule has 2 aromatic rings. The van der Waals surface area contributed by atoms with Crippen LogP contribution in [0.2, 0.25) is 5.02 Å². The first-order valence-corrected chi connectivity index (χ1v) is 10.5. The highest BCUT2D eigenvalue weighted by atomic mass is 35.5. The lowest BCUT2D eigenvalue weighted by molar-refractivity contribution is -0.139. The number of nitriles is 1. The van der Waals surface area contributed by atoms with Gasteiger partial charge in [0.25, 0.3) is 0 Å². The van der Waals surface area contributed by atoms with E-state index in [1.54, 1.807) is 30.3 Å². The van der Waals surface area contributed by atoms with Gasteiger partial charge in [0.1, 0.15) is 17.3 Å². The zero-order valence-corrected chi connectivity index (χ0v) is 19.9. The molecule has 36 heavy (non-hydrogen) atoms. The Morgan fingerprint density at radius 2 is 1.69 bits per heavy atom. The standard InChI is InChI=1S/C24H19ClF3N3O5/c1-34-13-9-15(24(26,27)28)19(25)16(10-13)31-20(23(33)36-3)18(22(32)35-2)17(14(11-29)21(31)30)12-7-5-4-6-8-12/h4-10,17H,30H2,1-3H3. The summed E-state index contributed by atoms with van der Waals surface area (Å²) < 4.78 is 56.1. The molecule has 0 aliphatic carbocycles. The van der Waals surface area contributed by atoms with Crippen LogP contribution < -0.4 is 15.4 Å². The monoisotopic (exact) mass is 521 g/mol. The predicted octanol–water partition coefficient (Wildman–Crippen LogP) is 4.27. The number of hydrogen-bond acceptors (Lipinski definition) is 8. The molecular weight excluding hydrogens is 503 g/mol. The van der Waals surface area contributed by atoms with Gasteiger partial charge < -0.3 is 19.9 Å². The first-order valence-electron chi connectivity index (χ1n) is 10.1. The molecule has 0 fully saturated rings. The molecule has 0 amide bonds. The first kappa shape index (κ1) is 26.4. The van der Waals surface area contributed by atoms with Crippen LogP contribution in [0.1, 0.15) is 17.0 Å². The van der Waals surface area contributed by atoms with Crippen molar-refractivity contribution in [1.29, 1.82) is 5.26 Å². The topological polar surface area (TPSA) is 115 Å². The van der Waals surface area contributed by atoms with Gasteiger partial charge in [-0.3, -0.25) is 4.90 Å². The number of esters is 2. The molecule has 0 radical (unpaired) electrons. The highest BCUT2D eigenvalue weighted by Crippen LogP contribution is 2.48. The van der Waals surface area contributed by atoms with Crippen molar-refractivity contribution in [3.05, 3.63) is 81.3 Å². The Morgan fingerprint density at radius 3 is 2.19 bits per heavy atom. The molecule has 0 spiro atoms. The zero-order valence-electron chi connectivity index (χ0n) is 19.1. The Kier molecular flexibility index (Phi) is 7.50. The van der Waals surface area contributed by atoms with E-state index in [1.165, 1.54) is 0 Å². The molecule has 0 saturated carbocycles. The van der Waals surface area contributed by atoms with Crippen molar-refractivity contribution in [2.24, 2.45) is 5.73 Å². The number of methoxy groups -OCH3 is 3. The third-order valence-corrected chi connectivity index (χ3v) is 5.82. The Labute approximate surface area is 208 Å². The second-order valence-corrected chi connectivity index (χ2v) is 7.72. The highest BCUT2D eigenvalue weighted by molar-refractivity contribution is 6.34. The van der Waals surface area contributed by atoms with Gasteiger partial charge in [0, 0.05) is 6.07 Å². The summed E-state index contributed by atoms with van der Waals surface area (Å²) in [6.45, 7) is 0. The van der Waals surface area contributed by atoms with Crippen LogP contribution >= 0.6 is 11.6 Å². The molecule has 0 bridgehead atoms. The number of halogens is 4. The summed E-state index contributed by atoms with van der Waals surface area (Å²) in [6.07, 6.45) is -4.92. The molecule has 3 rings (SSSR count). The number of alkyl halides is 3. The summed E-state index contributed by atoms with van der Waals surface area (Å²) in [5.74, 6) is -4.08. The Balaban J connectivity index is 2.51. The first-order chi connectivity index (χ1) is 17.0. The van der Waals surface area contributed by atoms with Gasteiger partial charge in [-0.25, -0.2) is 9.59 Å². The van der Waals surface area contributed by atoms with E-state index in [4.69, 9.17) is 31.5 Å². The van der Waals surface area contributed by atoms with Crippen molar-refractivity contribution in [3.8, 4) is 11.8 Å². The van der Waals surface area contributed by atoms with Crippen LogP contribution in [0.4, 0.5) is 18.9 Å². The molecule has 1 aliphatic rings. The molecular formula is C24H19ClF3N3O5. The van der Waals surface area contributed by atoms with Gasteiger partial charge in [-0.2, -0.15) is 18.4 Å². The minimum Gasteiger partial charge on any atom is -0.497 e. The Hall–Kier alpha value is -4.17. The van der Waals surface area contributed by atoms with Crippen molar-refractivity contribution in [3.63, 3.8) is 0 Å². The number of nitrogens with zero attached hydrogens (tertiary/aromatic N) is 2. The number of carbonyl (C=O) groups excluding carboxylic acids is 2. The van der Waals surface area contributed by atoms with Crippen molar-refractivity contribution >= 4 is 29.2 Å². The van der Waals surface area contributed by atoms with Gasteiger partial charge in [0.2, 0.25) is 0 Å². The SMILES string of the molecule is COC(=O)C1=C(C(=O)OC)N(c2cc(OC)cc(C(F)(F)F)c2Cl)C(N)=C(C#N)C1c1ccccc1. The fourth-order valence-corrected chi connectivity index (χ4v) is 4.13. The van der Waals surface area contributed by atoms with Crippen LogP contribution in [-0.4, -0.2) is 33.3 Å². The largest absolute Gasteiger partial charge is 0.497 e. The van der Waals surface area contributed by atoms with E-state index in [0.717, 1.165) is 32.3 Å². The summed E-state index contributed by atoms with van der Waals surface area (Å²) in [5.41, 5.74) is 3.75. The third kappa shape index (κ3) is 4.55. The molecule has 1 atom stereocenters. The summed E-state index contributed by atoms with van der Waals surface area (Å²) in [4.78, 5) is 26.9. The smallest absolute Gasteiger partial charge is 0.418 e. The zero-order chi connectivity index (χ0) is 26.8. The van der Waals surface area contributed by atoms with Gasteiger partial charge >= 0.3 is 18.1 Å². The van der Waals surface area contributed by atoms with E-state index < -0.39 is 51.8 Å². The third-order valence-electron chi connectivity index (χ3n) is 5.42. The summed E-state index contributed by atoms with van der Waals surface area (Å²) >= 11 is 6.17. The summed E-state index contributed by atoms with van der Waals surface area (Å²) in [5, 5.41) is 9.17. The van der Waals surface area contributed by atoms with Crippen LogP contribution in [0.5, 0.6) is 5.75 Å². The molecule has 1 unspecified atom stereocenters. The number of nitrogens with two attached hydrogens (primary N) is 1. The number of rotatable bonds is 5. The van der Waals surface area contributed by atoms with Gasteiger partial charge in [0.15, 0.2) is 0 Å². The van der Waals surface area contributed by atoms with Crippen molar-refractivity contribution in [1.82, 2.24) is 0 Å². The maximum Gasteiger partial charge on any atom is 0.418 e. The van der Waals surface area contributed by atoms with E-state index in [9.17, 15) is 28.0 Å². The molecule has 1 aliphatic heterocycles. The highest BCUT2D eigenvalue weighted by Gasteiger charge is 2.45. The summed E-state index contributed by atoms with van der Waals surface area (Å²) in [7, 11) is 3.18. The van der Waals surface area contributed by atoms with Crippen LogP contribution in [0.3, 0.4) is 0 Å². The van der Waals surface area contributed by atoms with Crippen molar-refractivity contribution < 1.29 is 37.0 Å². The fraction of sp³-hybridized carbons (Fsp3) is 0.208. The maximum absolute atomic E-state index is 13.8. The van der Waals surface area contributed by atoms with E-state index in [1.807, 2.05) is 6.07 Å². The lowest BCUT2D eigenvalue weighted by Crippen LogP contribution is -2.41. The normalized spacial score (nSPS) is 15.9. The number of carbonyl (C=O) groups is 2. The van der Waals surface area contributed by atoms with E-state index in [2.05, 4.69) is 0 Å². The van der Waals surface area contributed by atoms with Crippen LogP contribution in [0, 0.1) is 11.3 Å². The molecule has 2 N–H and O–H groups in total. The molecule has 0 aromatic heterocycles. The average Bonchev–Trinajstić information content (AvgIpc) is 2.87. The van der Waals surface area contributed by atoms with Gasteiger partial charge in [-0.1, -0.05) is 41.9 Å². The van der Waals surface area contributed by atoms with Crippen LogP contribution in [0.25, 0.3) is 0 Å².